The number of hydrogen-bond donors (Lipinski definition) is 1. The Bertz CT molecular complexity index is 1740. The molecular weight excluding hydrogens is 580 g/mol. The smallest absolute Gasteiger partial charge is 0.271 e. The number of carbonyl (C=O) groups is 1. The van der Waals surface area contributed by atoms with Crippen LogP contribution in [0, 0.1) is 0 Å². The van der Waals surface area contributed by atoms with Crippen LogP contribution in [0.2, 0.25) is 0 Å². The Kier molecular flexibility index (Phi) is 11.3. The van der Waals surface area contributed by atoms with Crippen molar-refractivity contribution in [1.82, 2.24) is 5.43 Å². The van der Waals surface area contributed by atoms with Crippen molar-refractivity contribution >= 4 is 12.1 Å². The second-order valence-corrected chi connectivity index (χ2v) is 10.2. The van der Waals surface area contributed by atoms with Crippen molar-refractivity contribution < 1.29 is 28.5 Å². The molecule has 0 fully saturated rings. The minimum absolute atomic E-state index is 0.297. The molecule has 0 spiro atoms. The lowest BCUT2D eigenvalue weighted by molar-refractivity contribution is 0.0954. The van der Waals surface area contributed by atoms with E-state index in [9.17, 15) is 4.79 Å². The number of hydrogen-bond acceptors (Lipinski definition) is 7. The van der Waals surface area contributed by atoms with Crippen LogP contribution in [0.4, 0.5) is 0 Å². The van der Waals surface area contributed by atoms with E-state index in [2.05, 4.69) is 10.5 Å². The number of ether oxygens (including phenoxy) is 5. The summed E-state index contributed by atoms with van der Waals surface area (Å²) in [5, 5.41) is 4.18. The standard InChI is InChI=1S/C38H36N2O6/c1-3-43-37-23-31(19-21-35(37)46-26-29-14-8-5-9-15-29)38(41)40-39-24-32-16-10-11-17-33(32)44-27-30-18-20-34(36(22-30)42-2)45-25-28-12-6-4-7-13-28/h4-24H,3,25-27H2,1-2H3,(H,40,41)/b39-24+. The largest absolute Gasteiger partial charge is 0.493 e. The maximum absolute atomic E-state index is 12.9. The topological polar surface area (TPSA) is 87.6 Å². The van der Waals surface area contributed by atoms with E-state index in [4.69, 9.17) is 23.7 Å². The van der Waals surface area contributed by atoms with E-state index in [1.807, 2.05) is 110 Å². The van der Waals surface area contributed by atoms with Crippen molar-refractivity contribution in [3.8, 4) is 28.7 Å². The van der Waals surface area contributed by atoms with Crippen LogP contribution in [0.25, 0.3) is 0 Å². The number of hydrazone groups is 1. The Morgan fingerprint density at radius 3 is 1.87 bits per heavy atom. The van der Waals surface area contributed by atoms with Crippen LogP contribution in [-0.2, 0) is 19.8 Å². The van der Waals surface area contributed by atoms with E-state index >= 15 is 0 Å². The average Bonchev–Trinajstić information content (AvgIpc) is 3.10. The summed E-state index contributed by atoms with van der Waals surface area (Å²) in [6.07, 6.45) is 1.55. The normalized spacial score (nSPS) is 10.7. The number of methoxy groups -OCH3 is 1. The first-order chi connectivity index (χ1) is 22.6. The van der Waals surface area contributed by atoms with Crippen LogP contribution in [0.5, 0.6) is 28.7 Å². The minimum Gasteiger partial charge on any atom is -0.493 e. The number of nitrogens with zero attached hydrogens (tertiary/aromatic N) is 1. The SMILES string of the molecule is CCOc1cc(C(=O)N/N=C/c2ccccc2OCc2ccc(OCc3ccccc3)c(OC)c2)ccc1OCc1ccccc1. The molecule has 5 aromatic carbocycles. The molecule has 0 saturated carbocycles. The third kappa shape index (κ3) is 8.89. The Morgan fingerprint density at radius 1 is 0.609 bits per heavy atom. The van der Waals surface area contributed by atoms with Gasteiger partial charge in [0.2, 0.25) is 0 Å². The van der Waals surface area contributed by atoms with Gasteiger partial charge in [-0.15, -0.1) is 0 Å². The Hall–Kier alpha value is -5.76. The summed E-state index contributed by atoms with van der Waals surface area (Å²) >= 11 is 0. The first-order valence-corrected chi connectivity index (χ1v) is 15.0. The summed E-state index contributed by atoms with van der Waals surface area (Å²) in [6, 6.07) is 38.0. The van der Waals surface area contributed by atoms with E-state index in [1.54, 1.807) is 31.5 Å². The molecule has 0 heterocycles. The van der Waals surface area contributed by atoms with Crippen molar-refractivity contribution in [2.24, 2.45) is 5.10 Å². The molecule has 0 aliphatic carbocycles. The van der Waals surface area contributed by atoms with Crippen LogP contribution in [-0.4, -0.2) is 25.8 Å². The maximum Gasteiger partial charge on any atom is 0.271 e. The summed E-state index contributed by atoms with van der Waals surface area (Å²) in [5.41, 5.74) is 6.70. The third-order valence-electron chi connectivity index (χ3n) is 6.89. The summed E-state index contributed by atoms with van der Waals surface area (Å²) in [6.45, 7) is 3.44. The monoisotopic (exact) mass is 616 g/mol. The summed E-state index contributed by atoms with van der Waals surface area (Å²) < 4.78 is 29.3. The lowest BCUT2D eigenvalue weighted by Crippen LogP contribution is -2.18. The van der Waals surface area contributed by atoms with Gasteiger partial charge in [0.15, 0.2) is 23.0 Å². The molecule has 1 N–H and O–H groups in total. The second kappa shape index (κ2) is 16.4. The number of rotatable bonds is 15. The molecule has 0 unspecified atom stereocenters. The molecule has 0 aliphatic rings. The molecule has 0 bridgehead atoms. The van der Waals surface area contributed by atoms with Crippen molar-refractivity contribution in [3.63, 3.8) is 0 Å². The van der Waals surface area contributed by atoms with Crippen molar-refractivity contribution in [2.45, 2.75) is 26.7 Å². The zero-order valence-corrected chi connectivity index (χ0v) is 25.8. The fourth-order valence-corrected chi connectivity index (χ4v) is 4.53. The summed E-state index contributed by atoms with van der Waals surface area (Å²) in [7, 11) is 1.61. The maximum atomic E-state index is 12.9. The van der Waals surface area contributed by atoms with Gasteiger partial charge in [0.25, 0.3) is 5.91 Å². The first kappa shape index (κ1) is 31.7. The lowest BCUT2D eigenvalue weighted by Gasteiger charge is -2.14. The molecule has 234 valence electrons. The van der Waals surface area contributed by atoms with Crippen LogP contribution >= 0.6 is 0 Å². The predicted molar refractivity (Wildman–Crippen MR) is 178 cm³/mol. The van der Waals surface area contributed by atoms with E-state index in [1.165, 1.54) is 0 Å². The highest BCUT2D eigenvalue weighted by atomic mass is 16.5. The Morgan fingerprint density at radius 2 is 1.20 bits per heavy atom. The molecule has 0 atom stereocenters. The van der Waals surface area contributed by atoms with Crippen LogP contribution in [0.3, 0.4) is 0 Å². The Labute approximate surface area is 269 Å². The predicted octanol–water partition coefficient (Wildman–Crippen LogP) is 7.59. The molecule has 8 nitrogen and oxygen atoms in total. The molecule has 5 aromatic rings. The summed E-state index contributed by atoms with van der Waals surface area (Å²) in [5.74, 6) is 2.55. The molecule has 0 radical (unpaired) electrons. The van der Waals surface area contributed by atoms with Gasteiger partial charge in [-0.1, -0.05) is 78.9 Å². The molecule has 5 rings (SSSR count). The molecule has 1 amide bonds. The number of para-hydroxylation sites is 1. The van der Waals surface area contributed by atoms with Gasteiger partial charge < -0.3 is 23.7 Å². The van der Waals surface area contributed by atoms with E-state index in [-0.39, 0.29) is 5.91 Å². The first-order valence-electron chi connectivity index (χ1n) is 15.0. The van der Waals surface area contributed by atoms with Gasteiger partial charge in [-0.25, -0.2) is 5.43 Å². The number of amides is 1. The molecule has 8 heteroatoms. The number of carbonyl (C=O) groups excluding carboxylic acids is 1. The van der Waals surface area contributed by atoms with Gasteiger partial charge in [-0.05, 0) is 66.1 Å². The fourth-order valence-electron chi connectivity index (χ4n) is 4.53. The van der Waals surface area contributed by atoms with Crippen LogP contribution in [0.1, 0.15) is 39.5 Å². The van der Waals surface area contributed by atoms with Crippen molar-refractivity contribution in [1.29, 1.82) is 0 Å². The quantitative estimate of drug-likeness (QED) is 0.0963. The van der Waals surface area contributed by atoms with Crippen molar-refractivity contribution in [2.75, 3.05) is 13.7 Å². The number of nitrogens with one attached hydrogen (secondary N) is 1. The number of benzene rings is 5. The minimum atomic E-state index is -0.383. The van der Waals surface area contributed by atoms with Gasteiger partial charge in [0, 0.05) is 11.1 Å². The molecular formula is C38H36N2O6. The van der Waals surface area contributed by atoms with E-state index < -0.39 is 0 Å². The highest BCUT2D eigenvalue weighted by Crippen LogP contribution is 2.31. The highest BCUT2D eigenvalue weighted by molar-refractivity contribution is 5.95. The van der Waals surface area contributed by atoms with Crippen LogP contribution < -0.4 is 29.1 Å². The molecule has 0 aromatic heterocycles. The fraction of sp³-hybridized carbons (Fsp3) is 0.158. The molecule has 0 aliphatic heterocycles. The average molecular weight is 617 g/mol. The third-order valence-corrected chi connectivity index (χ3v) is 6.89. The molecule has 0 saturated heterocycles. The van der Waals surface area contributed by atoms with Crippen LogP contribution in [0.15, 0.2) is 126 Å². The highest BCUT2D eigenvalue weighted by Gasteiger charge is 2.12. The zero-order chi connectivity index (χ0) is 32.0. The van der Waals surface area contributed by atoms with Gasteiger partial charge in [-0.2, -0.15) is 5.10 Å². The Balaban J connectivity index is 1.18. The van der Waals surface area contributed by atoms with E-state index in [0.29, 0.717) is 66.3 Å². The van der Waals surface area contributed by atoms with Gasteiger partial charge in [-0.3, -0.25) is 4.79 Å². The summed E-state index contributed by atoms with van der Waals surface area (Å²) in [4.78, 5) is 12.9. The van der Waals surface area contributed by atoms with Gasteiger partial charge in [0.1, 0.15) is 25.6 Å². The van der Waals surface area contributed by atoms with E-state index in [0.717, 1.165) is 16.7 Å². The second-order valence-electron chi connectivity index (χ2n) is 10.2. The van der Waals surface area contributed by atoms with Gasteiger partial charge in [0.05, 0.1) is 19.9 Å². The van der Waals surface area contributed by atoms with Gasteiger partial charge >= 0.3 is 0 Å². The van der Waals surface area contributed by atoms with Crippen molar-refractivity contribution in [3.05, 3.63) is 149 Å². The zero-order valence-electron chi connectivity index (χ0n) is 25.8. The lowest BCUT2D eigenvalue weighted by atomic mass is 10.2. The molecule has 46 heavy (non-hydrogen) atoms.